The summed E-state index contributed by atoms with van der Waals surface area (Å²) >= 11 is 0. The molecule has 0 aliphatic carbocycles. The molecule has 0 atom stereocenters. The lowest BCUT2D eigenvalue weighted by atomic mass is 10.1. The second-order valence-electron chi connectivity index (χ2n) is 6.30. The second-order valence-corrected chi connectivity index (χ2v) is 6.30. The third-order valence-electron chi connectivity index (χ3n) is 4.37. The number of benzene rings is 2. The van der Waals surface area contributed by atoms with Crippen LogP contribution in [0.2, 0.25) is 0 Å². The minimum atomic E-state index is -0.357. The summed E-state index contributed by atoms with van der Waals surface area (Å²) in [6.07, 6.45) is 0. The Morgan fingerprint density at radius 1 is 1.00 bits per heavy atom. The van der Waals surface area contributed by atoms with E-state index in [4.69, 9.17) is 4.74 Å². The number of ketones is 1. The van der Waals surface area contributed by atoms with Crippen molar-refractivity contribution in [1.82, 2.24) is 9.88 Å². The van der Waals surface area contributed by atoms with Crippen molar-refractivity contribution in [3.63, 3.8) is 0 Å². The van der Waals surface area contributed by atoms with Crippen molar-refractivity contribution in [3.05, 3.63) is 71.4 Å². The average Bonchev–Trinajstić information content (AvgIpc) is 2.98. The van der Waals surface area contributed by atoms with Crippen LogP contribution in [0, 0.1) is 6.92 Å². The lowest BCUT2D eigenvalue weighted by Crippen LogP contribution is -2.34. The molecule has 0 saturated carbocycles. The van der Waals surface area contributed by atoms with Gasteiger partial charge in [0.05, 0.1) is 20.2 Å². The minimum absolute atomic E-state index is 0.0141. The van der Waals surface area contributed by atoms with Crippen LogP contribution in [0.1, 0.15) is 21.6 Å². The van der Waals surface area contributed by atoms with Crippen molar-refractivity contribution in [3.8, 4) is 0 Å². The minimum Gasteiger partial charge on any atom is -0.468 e. The molecule has 0 amide bonds. The molecule has 0 fully saturated rings. The highest BCUT2D eigenvalue weighted by Gasteiger charge is 2.20. The summed E-state index contributed by atoms with van der Waals surface area (Å²) in [6.45, 7) is 2.61. The van der Waals surface area contributed by atoms with Gasteiger partial charge < -0.3 is 9.72 Å². The molecule has 1 N–H and O–H groups in total. The lowest BCUT2D eigenvalue weighted by molar-refractivity contribution is -0.141. The van der Waals surface area contributed by atoms with Crippen LogP contribution in [0.3, 0.4) is 0 Å². The molecule has 134 valence electrons. The fourth-order valence-electron chi connectivity index (χ4n) is 3.17. The number of aromatic amines is 1. The summed E-state index contributed by atoms with van der Waals surface area (Å²) < 4.78 is 4.79. The number of nitrogens with zero attached hydrogens (tertiary/aromatic N) is 1. The monoisotopic (exact) mass is 350 g/mol. The number of hydrogen-bond acceptors (Lipinski definition) is 4. The van der Waals surface area contributed by atoms with Crippen molar-refractivity contribution in [2.75, 3.05) is 20.2 Å². The normalized spacial score (nSPS) is 11.0. The van der Waals surface area contributed by atoms with Crippen molar-refractivity contribution < 1.29 is 14.3 Å². The van der Waals surface area contributed by atoms with E-state index in [9.17, 15) is 9.59 Å². The number of aryl methyl sites for hydroxylation is 1. The maximum absolute atomic E-state index is 13.0. The molecule has 5 nitrogen and oxygen atoms in total. The summed E-state index contributed by atoms with van der Waals surface area (Å²) in [7, 11) is 1.36. The zero-order valence-corrected chi connectivity index (χ0v) is 15.0. The first kappa shape index (κ1) is 17.9. The summed E-state index contributed by atoms with van der Waals surface area (Å²) in [4.78, 5) is 29.8. The predicted molar refractivity (Wildman–Crippen MR) is 101 cm³/mol. The highest BCUT2D eigenvalue weighted by molar-refractivity contribution is 6.10. The predicted octanol–water partition coefficient (Wildman–Crippen LogP) is 3.33. The maximum Gasteiger partial charge on any atom is 0.319 e. The number of fused-ring (bicyclic) bond motifs is 1. The van der Waals surface area contributed by atoms with Gasteiger partial charge in [0.2, 0.25) is 0 Å². The van der Waals surface area contributed by atoms with Gasteiger partial charge in [0.15, 0.2) is 5.78 Å². The quantitative estimate of drug-likeness (QED) is 0.524. The molecule has 0 aliphatic heterocycles. The summed E-state index contributed by atoms with van der Waals surface area (Å²) in [6, 6.07) is 17.5. The van der Waals surface area contributed by atoms with Gasteiger partial charge in [-0.25, -0.2) is 0 Å². The van der Waals surface area contributed by atoms with Crippen LogP contribution in [0.25, 0.3) is 10.9 Å². The zero-order valence-electron chi connectivity index (χ0n) is 15.0. The number of H-pyrrole nitrogens is 1. The van der Waals surface area contributed by atoms with Gasteiger partial charge in [-0.1, -0.05) is 48.5 Å². The number of esters is 1. The molecule has 26 heavy (non-hydrogen) atoms. The molecule has 0 aliphatic rings. The number of carbonyl (C=O) groups is 2. The molecule has 1 aromatic heterocycles. The number of methoxy groups -OCH3 is 1. The van der Waals surface area contributed by atoms with Crippen LogP contribution in [0.5, 0.6) is 0 Å². The third-order valence-corrected chi connectivity index (χ3v) is 4.37. The van der Waals surface area contributed by atoms with E-state index in [1.165, 1.54) is 7.11 Å². The Hall–Kier alpha value is -2.92. The fraction of sp³-hybridized carbons (Fsp3) is 0.238. The van der Waals surface area contributed by atoms with E-state index < -0.39 is 0 Å². The molecule has 0 radical (unpaired) electrons. The Morgan fingerprint density at radius 3 is 2.42 bits per heavy atom. The Balaban J connectivity index is 1.84. The average molecular weight is 350 g/mol. The van der Waals surface area contributed by atoms with Crippen LogP contribution in [0.15, 0.2) is 54.6 Å². The number of para-hydroxylation sites is 1. The Labute approximate surface area is 152 Å². The molecule has 5 heteroatoms. The molecule has 1 heterocycles. The number of nitrogens with one attached hydrogen (secondary N) is 1. The van der Waals surface area contributed by atoms with E-state index >= 15 is 0 Å². The van der Waals surface area contributed by atoms with E-state index in [1.807, 2.05) is 66.4 Å². The van der Waals surface area contributed by atoms with Gasteiger partial charge in [-0.05, 0) is 18.6 Å². The van der Waals surface area contributed by atoms with E-state index in [-0.39, 0.29) is 24.8 Å². The standard InChI is InChI=1S/C21H22N2O3/c1-15-21(17-10-6-7-11-18(17)22-15)19(24)13-23(14-20(25)26-2)12-16-8-4-3-5-9-16/h3-11,22H,12-14H2,1-2H3. The molecule has 2 aromatic carbocycles. The third kappa shape index (κ3) is 4.00. The van der Waals surface area contributed by atoms with Crippen LogP contribution in [-0.4, -0.2) is 41.8 Å². The van der Waals surface area contributed by atoms with E-state index in [1.54, 1.807) is 0 Å². The van der Waals surface area contributed by atoms with Gasteiger partial charge in [0, 0.05) is 28.7 Å². The Bertz CT molecular complexity index is 915. The van der Waals surface area contributed by atoms with Gasteiger partial charge >= 0.3 is 5.97 Å². The highest BCUT2D eigenvalue weighted by Crippen LogP contribution is 2.22. The number of hydrogen-bond donors (Lipinski definition) is 1. The molecule has 0 saturated heterocycles. The van der Waals surface area contributed by atoms with Crippen LogP contribution >= 0.6 is 0 Å². The lowest BCUT2D eigenvalue weighted by Gasteiger charge is -2.20. The molecular weight excluding hydrogens is 328 g/mol. The first-order valence-electron chi connectivity index (χ1n) is 8.52. The van der Waals surface area contributed by atoms with Crippen molar-refractivity contribution in [1.29, 1.82) is 0 Å². The van der Waals surface area contributed by atoms with Crippen molar-refractivity contribution >= 4 is 22.7 Å². The summed E-state index contributed by atoms with van der Waals surface area (Å²) in [5, 5.41) is 0.910. The van der Waals surface area contributed by atoms with Crippen molar-refractivity contribution in [2.45, 2.75) is 13.5 Å². The summed E-state index contributed by atoms with van der Waals surface area (Å²) in [5.74, 6) is -0.371. The number of rotatable bonds is 7. The smallest absolute Gasteiger partial charge is 0.319 e. The van der Waals surface area contributed by atoms with E-state index in [0.717, 1.165) is 22.2 Å². The summed E-state index contributed by atoms with van der Waals surface area (Å²) in [5.41, 5.74) is 3.51. The second kappa shape index (κ2) is 7.97. The number of Topliss-reactive ketones (excluding diaryl/α,β-unsaturated/α-hetero) is 1. The molecule has 3 rings (SSSR count). The van der Waals surface area contributed by atoms with E-state index in [2.05, 4.69) is 4.98 Å². The Morgan fingerprint density at radius 2 is 1.69 bits per heavy atom. The zero-order chi connectivity index (χ0) is 18.5. The van der Waals surface area contributed by atoms with Gasteiger partial charge in [-0.2, -0.15) is 0 Å². The van der Waals surface area contributed by atoms with Gasteiger partial charge in [0.25, 0.3) is 0 Å². The highest BCUT2D eigenvalue weighted by atomic mass is 16.5. The number of carbonyl (C=O) groups excluding carboxylic acids is 2. The number of ether oxygens (including phenoxy) is 1. The molecule has 3 aromatic rings. The van der Waals surface area contributed by atoms with Gasteiger partial charge in [-0.15, -0.1) is 0 Å². The van der Waals surface area contributed by atoms with Gasteiger partial charge in [-0.3, -0.25) is 14.5 Å². The fourth-order valence-corrected chi connectivity index (χ4v) is 3.17. The van der Waals surface area contributed by atoms with Crippen LogP contribution in [-0.2, 0) is 16.1 Å². The first-order valence-corrected chi connectivity index (χ1v) is 8.52. The van der Waals surface area contributed by atoms with Crippen LogP contribution in [0.4, 0.5) is 0 Å². The molecule has 0 bridgehead atoms. The maximum atomic E-state index is 13.0. The SMILES string of the molecule is COC(=O)CN(CC(=O)c1c(C)[nH]c2ccccc12)Cc1ccccc1. The largest absolute Gasteiger partial charge is 0.468 e. The molecular formula is C21H22N2O3. The number of aromatic nitrogens is 1. The van der Waals surface area contributed by atoms with E-state index in [0.29, 0.717) is 12.1 Å². The van der Waals surface area contributed by atoms with Crippen LogP contribution < -0.4 is 0 Å². The topological polar surface area (TPSA) is 62.4 Å². The molecule has 0 spiro atoms. The Kier molecular flexibility index (Phi) is 5.49. The first-order chi connectivity index (χ1) is 12.6. The molecule has 0 unspecified atom stereocenters. The van der Waals surface area contributed by atoms with Crippen molar-refractivity contribution in [2.24, 2.45) is 0 Å². The van der Waals surface area contributed by atoms with Gasteiger partial charge in [0.1, 0.15) is 0 Å².